The number of benzene rings is 1. The molecule has 0 saturated heterocycles. The minimum Gasteiger partial charge on any atom is -0.478 e. The summed E-state index contributed by atoms with van der Waals surface area (Å²) < 4.78 is 25.2. The van der Waals surface area contributed by atoms with E-state index in [-0.39, 0.29) is 22.0 Å². The molecule has 1 aromatic carbocycles. The van der Waals surface area contributed by atoms with Crippen LogP contribution in [-0.4, -0.2) is 48.6 Å². The highest BCUT2D eigenvalue weighted by Crippen LogP contribution is 2.23. The summed E-state index contributed by atoms with van der Waals surface area (Å²) in [6, 6.07) is 3.38. The van der Waals surface area contributed by atoms with Gasteiger partial charge in [0.2, 0.25) is 10.0 Å². The van der Waals surface area contributed by atoms with Crippen molar-refractivity contribution in [1.82, 2.24) is 4.31 Å². The molecule has 0 bridgehead atoms. The fraction of sp³-hybridized carbons (Fsp3) is 0.364. The summed E-state index contributed by atoms with van der Waals surface area (Å²) in [5.41, 5.74) is -0.168. The van der Waals surface area contributed by atoms with Crippen molar-refractivity contribution in [1.29, 1.82) is 0 Å². The van der Waals surface area contributed by atoms with Gasteiger partial charge in [-0.3, -0.25) is 0 Å². The first-order valence-corrected chi connectivity index (χ1v) is 7.15. The quantitative estimate of drug-likeness (QED) is 0.847. The van der Waals surface area contributed by atoms with Crippen LogP contribution in [0.15, 0.2) is 23.1 Å². The molecule has 0 spiro atoms. The highest BCUT2D eigenvalue weighted by atomic mass is 35.5. The molecule has 0 heterocycles. The molecule has 19 heavy (non-hydrogen) atoms. The van der Waals surface area contributed by atoms with E-state index in [1.807, 2.05) is 0 Å². The summed E-state index contributed by atoms with van der Waals surface area (Å²) in [5, 5.41) is 17.9. The zero-order chi connectivity index (χ0) is 14.8. The molecule has 1 aromatic rings. The van der Waals surface area contributed by atoms with Crippen molar-refractivity contribution in [3.8, 4) is 0 Å². The summed E-state index contributed by atoms with van der Waals surface area (Å²) in [5.74, 6) is -1.23. The first-order valence-electron chi connectivity index (χ1n) is 5.33. The maximum absolute atomic E-state index is 12.1. The molecule has 1 rings (SSSR count). The van der Waals surface area contributed by atoms with Crippen molar-refractivity contribution >= 4 is 27.6 Å². The van der Waals surface area contributed by atoms with E-state index in [1.165, 1.54) is 20.0 Å². The van der Waals surface area contributed by atoms with Gasteiger partial charge in [-0.25, -0.2) is 13.2 Å². The van der Waals surface area contributed by atoms with Gasteiger partial charge in [-0.1, -0.05) is 11.6 Å². The Morgan fingerprint density at radius 2 is 2.05 bits per heavy atom. The van der Waals surface area contributed by atoms with E-state index in [4.69, 9.17) is 16.7 Å². The van der Waals surface area contributed by atoms with Crippen LogP contribution in [0.2, 0.25) is 5.02 Å². The lowest BCUT2D eigenvalue weighted by atomic mass is 10.2. The molecule has 0 aliphatic heterocycles. The van der Waals surface area contributed by atoms with Gasteiger partial charge >= 0.3 is 5.97 Å². The van der Waals surface area contributed by atoms with Gasteiger partial charge in [0.1, 0.15) is 0 Å². The van der Waals surface area contributed by atoms with Gasteiger partial charge in [0.05, 0.1) is 21.6 Å². The van der Waals surface area contributed by atoms with E-state index < -0.39 is 22.1 Å². The third kappa shape index (κ3) is 3.66. The van der Waals surface area contributed by atoms with Crippen molar-refractivity contribution < 1.29 is 23.4 Å². The number of carboxylic acid groups (broad SMARTS) is 1. The maximum atomic E-state index is 12.1. The Labute approximate surface area is 116 Å². The Morgan fingerprint density at radius 3 is 2.47 bits per heavy atom. The lowest BCUT2D eigenvalue weighted by molar-refractivity contribution is 0.0697. The van der Waals surface area contributed by atoms with Crippen molar-refractivity contribution in [2.45, 2.75) is 17.9 Å². The Bertz CT molecular complexity index is 585. The van der Waals surface area contributed by atoms with Crippen LogP contribution in [0.1, 0.15) is 17.3 Å². The Balaban J connectivity index is 3.16. The number of aliphatic hydroxyl groups excluding tert-OH is 1. The first-order chi connectivity index (χ1) is 8.66. The van der Waals surface area contributed by atoms with Gasteiger partial charge in [-0.15, -0.1) is 0 Å². The fourth-order valence-corrected chi connectivity index (χ4v) is 3.08. The normalized spacial score (nSPS) is 13.5. The summed E-state index contributed by atoms with van der Waals surface area (Å²) in [4.78, 5) is 10.7. The molecule has 0 amide bonds. The Hall–Kier alpha value is -1.15. The molecule has 6 nitrogen and oxygen atoms in total. The first kappa shape index (κ1) is 15.9. The minimum atomic E-state index is -3.80. The number of hydrogen-bond acceptors (Lipinski definition) is 4. The highest BCUT2D eigenvalue weighted by Gasteiger charge is 2.23. The van der Waals surface area contributed by atoms with Gasteiger partial charge in [-0.05, 0) is 25.1 Å². The number of carboxylic acids is 1. The predicted octanol–water partition coefficient (Wildman–Crippen LogP) is 1.04. The van der Waals surface area contributed by atoms with E-state index in [1.54, 1.807) is 0 Å². The summed E-state index contributed by atoms with van der Waals surface area (Å²) in [6.45, 7) is 1.40. The SMILES string of the molecule is CC(O)CN(C)S(=O)(=O)c1ccc(C(=O)O)c(Cl)c1. The molecule has 2 N–H and O–H groups in total. The largest absolute Gasteiger partial charge is 0.478 e. The fourth-order valence-electron chi connectivity index (χ4n) is 1.48. The number of nitrogens with zero attached hydrogens (tertiary/aromatic N) is 1. The molecule has 1 unspecified atom stereocenters. The van der Waals surface area contributed by atoms with Crippen LogP contribution in [0, 0.1) is 0 Å². The van der Waals surface area contributed by atoms with Crippen LogP contribution in [0.5, 0.6) is 0 Å². The average molecular weight is 308 g/mol. The number of sulfonamides is 1. The van der Waals surface area contributed by atoms with Gasteiger partial charge < -0.3 is 10.2 Å². The van der Waals surface area contributed by atoms with E-state index >= 15 is 0 Å². The lowest BCUT2D eigenvalue weighted by Crippen LogP contribution is -2.33. The summed E-state index contributed by atoms with van der Waals surface area (Å²) in [6.07, 6.45) is -0.812. The van der Waals surface area contributed by atoms with Crippen LogP contribution in [-0.2, 0) is 10.0 Å². The van der Waals surface area contributed by atoms with E-state index in [0.717, 1.165) is 16.4 Å². The molecule has 0 radical (unpaired) electrons. The Kier molecular flexibility index (Phi) is 4.92. The third-order valence-electron chi connectivity index (χ3n) is 2.40. The summed E-state index contributed by atoms with van der Waals surface area (Å²) >= 11 is 5.73. The second kappa shape index (κ2) is 5.87. The van der Waals surface area contributed by atoms with E-state index in [2.05, 4.69) is 0 Å². The third-order valence-corrected chi connectivity index (χ3v) is 4.53. The molecule has 8 heteroatoms. The van der Waals surface area contributed by atoms with Crippen LogP contribution in [0.4, 0.5) is 0 Å². The second-order valence-corrected chi connectivity index (χ2v) is 6.53. The molecular formula is C11H14ClNO5S. The van der Waals surface area contributed by atoms with Crippen LogP contribution in [0.3, 0.4) is 0 Å². The number of halogens is 1. The molecule has 0 aliphatic carbocycles. The molecule has 1 atom stereocenters. The zero-order valence-corrected chi connectivity index (χ0v) is 11.9. The molecular weight excluding hydrogens is 294 g/mol. The van der Waals surface area contributed by atoms with Gasteiger partial charge in [0.15, 0.2) is 0 Å². The van der Waals surface area contributed by atoms with Crippen LogP contribution >= 0.6 is 11.6 Å². The average Bonchev–Trinajstić information content (AvgIpc) is 2.27. The van der Waals surface area contributed by atoms with Crippen molar-refractivity contribution in [3.05, 3.63) is 28.8 Å². The lowest BCUT2D eigenvalue weighted by Gasteiger charge is -2.18. The number of likely N-dealkylation sites (N-methyl/N-ethyl adjacent to an activating group) is 1. The maximum Gasteiger partial charge on any atom is 0.337 e. The van der Waals surface area contributed by atoms with Crippen molar-refractivity contribution in [3.63, 3.8) is 0 Å². The van der Waals surface area contributed by atoms with Crippen LogP contribution in [0.25, 0.3) is 0 Å². The molecule has 0 fully saturated rings. The number of rotatable bonds is 5. The molecule has 106 valence electrons. The van der Waals surface area contributed by atoms with Gasteiger partial charge in [0, 0.05) is 13.6 Å². The van der Waals surface area contributed by atoms with Crippen molar-refractivity contribution in [2.75, 3.05) is 13.6 Å². The van der Waals surface area contributed by atoms with Gasteiger partial charge in [-0.2, -0.15) is 4.31 Å². The molecule has 0 aliphatic rings. The second-order valence-electron chi connectivity index (χ2n) is 4.08. The number of hydrogen-bond donors (Lipinski definition) is 2. The monoisotopic (exact) mass is 307 g/mol. The predicted molar refractivity (Wildman–Crippen MR) is 69.9 cm³/mol. The van der Waals surface area contributed by atoms with Crippen molar-refractivity contribution in [2.24, 2.45) is 0 Å². The zero-order valence-electron chi connectivity index (χ0n) is 10.4. The smallest absolute Gasteiger partial charge is 0.337 e. The molecule has 0 saturated carbocycles. The Morgan fingerprint density at radius 1 is 1.47 bits per heavy atom. The minimum absolute atomic E-state index is 0.0688. The van der Waals surface area contributed by atoms with E-state index in [0.29, 0.717) is 0 Å². The number of aromatic carboxylic acids is 1. The summed E-state index contributed by atoms with van der Waals surface area (Å²) in [7, 11) is -2.48. The number of aliphatic hydroxyl groups is 1. The topological polar surface area (TPSA) is 94.9 Å². The van der Waals surface area contributed by atoms with Crippen LogP contribution < -0.4 is 0 Å². The highest BCUT2D eigenvalue weighted by molar-refractivity contribution is 7.89. The number of carbonyl (C=O) groups is 1. The molecule has 0 aromatic heterocycles. The standard InChI is InChI=1S/C11H14ClNO5S/c1-7(14)6-13(2)19(17,18)8-3-4-9(11(15)16)10(12)5-8/h3-5,7,14H,6H2,1-2H3,(H,15,16). The van der Waals surface area contributed by atoms with Gasteiger partial charge in [0.25, 0.3) is 0 Å². The van der Waals surface area contributed by atoms with E-state index in [9.17, 15) is 18.3 Å².